The van der Waals surface area contributed by atoms with Gasteiger partial charge in [0.2, 0.25) is 0 Å². The van der Waals surface area contributed by atoms with Crippen molar-refractivity contribution in [2.45, 2.75) is 6.54 Å². The van der Waals surface area contributed by atoms with Crippen molar-refractivity contribution in [2.24, 2.45) is 0 Å². The fourth-order valence-corrected chi connectivity index (χ4v) is 2.87. The third kappa shape index (κ3) is 3.74. The maximum absolute atomic E-state index is 12.4. The SMILES string of the molecule is O=C(NNC(=O)c1n[nH]c(=O)c2ccccc12)c1ccc(Cn2ccccc2=O)o1. The van der Waals surface area contributed by atoms with Gasteiger partial charge in [-0.2, -0.15) is 5.10 Å². The van der Waals surface area contributed by atoms with Gasteiger partial charge in [0.05, 0.1) is 11.9 Å². The number of aromatic amines is 1. The first-order chi connectivity index (χ1) is 14.5. The minimum Gasteiger partial charge on any atom is -0.454 e. The third-order valence-electron chi connectivity index (χ3n) is 4.31. The van der Waals surface area contributed by atoms with E-state index < -0.39 is 17.4 Å². The zero-order chi connectivity index (χ0) is 21.1. The molecule has 4 rings (SSSR count). The molecular weight excluding hydrogens is 390 g/mol. The van der Waals surface area contributed by atoms with Crippen LogP contribution in [0.2, 0.25) is 0 Å². The number of hydrogen-bond acceptors (Lipinski definition) is 6. The second-order valence-electron chi connectivity index (χ2n) is 6.29. The van der Waals surface area contributed by atoms with Crippen molar-refractivity contribution in [1.82, 2.24) is 25.6 Å². The number of hydrogen-bond donors (Lipinski definition) is 3. The highest BCUT2D eigenvalue weighted by atomic mass is 16.4. The Labute approximate surface area is 168 Å². The van der Waals surface area contributed by atoms with Gasteiger partial charge in [0.15, 0.2) is 11.5 Å². The lowest BCUT2D eigenvalue weighted by Gasteiger charge is -2.07. The Hall–Kier alpha value is -4.47. The Morgan fingerprint density at radius 2 is 1.67 bits per heavy atom. The van der Waals surface area contributed by atoms with Crippen LogP contribution in [0.25, 0.3) is 10.8 Å². The predicted octanol–water partition coefficient (Wildman–Crippen LogP) is 0.801. The molecule has 0 aliphatic heterocycles. The van der Waals surface area contributed by atoms with Crippen LogP contribution in [-0.2, 0) is 6.54 Å². The molecular formula is C20H15N5O5. The molecule has 0 bridgehead atoms. The minimum absolute atomic E-state index is 0.0471. The van der Waals surface area contributed by atoms with Crippen LogP contribution in [-0.4, -0.2) is 26.6 Å². The van der Waals surface area contributed by atoms with Crippen LogP contribution in [0.15, 0.2) is 74.8 Å². The highest BCUT2D eigenvalue weighted by molar-refractivity contribution is 6.05. The van der Waals surface area contributed by atoms with Crippen LogP contribution in [0.1, 0.15) is 26.8 Å². The standard InChI is InChI=1S/C20H15N5O5/c26-16-7-3-4-10-25(16)11-12-8-9-15(30-12)19(28)23-24-20(29)17-13-5-1-2-6-14(13)18(27)22-21-17/h1-10H,11H2,(H,22,27)(H,23,28)(H,24,29). The number of benzene rings is 1. The van der Waals surface area contributed by atoms with Crippen molar-refractivity contribution in [3.05, 3.63) is 98.7 Å². The number of aromatic nitrogens is 3. The Bertz CT molecular complexity index is 1370. The average Bonchev–Trinajstić information content (AvgIpc) is 3.23. The van der Waals surface area contributed by atoms with Gasteiger partial charge in [-0.15, -0.1) is 0 Å². The number of nitrogens with zero attached hydrogens (tertiary/aromatic N) is 2. The van der Waals surface area contributed by atoms with Gasteiger partial charge < -0.3 is 8.98 Å². The summed E-state index contributed by atoms with van der Waals surface area (Å²) in [6, 6.07) is 14.2. The third-order valence-corrected chi connectivity index (χ3v) is 4.31. The predicted molar refractivity (Wildman–Crippen MR) is 106 cm³/mol. The Balaban J connectivity index is 1.44. The minimum atomic E-state index is -0.710. The van der Waals surface area contributed by atoms with E-state index in [2.05, 4.69) is 21.0 Å². The summed E-state index contributed by atoms with van der Waals surface area (Å²) in [6.45, 7) is 0.159. The van der Waals surface area contributed by atoms with Gasteiger partial charge in [0, 0.05) is 17.6 Å². The first-order valence-corrected chi connectivity index (χ1v) is 8.85. The van der Waals surface area contributed by atoms with Gasteiger partial charge in [0.1, 0.15) is 5.76 Å². The first-order valence-electron chi connectivity index (χ1n) is 8.85. The molecule has 4 aromatic rings. The van der Waals surface area contributed by atoms with Crippen molar-refractivity contribution >= 4 is 22.6 Å². The highest BCUT2D eigenvalue weighted by Gasteiger charge is 2.17. The van der Waals surface area contributed by atoms with Crippen molar-refractivity contribution in [3.63, 3.8) is 0 Å². The van der Waals surface area contributed by atoms with E-state index in [0.717, 1.165) is 0 Å². The van der Waals surface area contributed by atoms with Crippen LogP contribution in [0, 0.1) is 0 Å². The van der Waals surface area contributed by atoms with E-state index in [9.17, 15) is 19.2 Å². The summed E-state index contributed by atoms with van der Waals surface area (Å²) in [7, 11) is 0. The number of rotatable bonds is 4. The molecule has 0 spiro atoms. The quantitative estimate of drug-likeness (QED) is 0.429. The van der Waals surface area contributed by atoms with Crippen LogP contribution in [0.4, 0.5) is 0 Å². The summed E-state index contributed by atoms with van der Waals surface area (Å²) in [5.41, 5.74) is 3.80. The summed E-state index contributed by atoms with van der Waals surface area (Å²) in [4.78, 5) is 48.2. The number of hydrazine groups is 1. The van der Waals surface area contributed by atoms with E-state index in [1.807, 2.05) is 0 Å². The van der Waals surface area contributed by atoms with Gasteiger partial charge in [-0.1, -0.05) is 24.3 Å². The van der Waals surface area contributed by atoms with Crippen molar-refractivity contribution in [2.75, 3.05) is 0 Å². The molecule has 0 fully saturated rings. The molecule has 10 heteroatoms. The molecule has 0 saturated heterocycles. The molecule has 1 aromatic carbocycles. The van der Waals surface area contributed by atoms with Crippen molar-refractivity contribution in [1.29, 1.82) is 0 Å². The number of H-pyrrole nitrogens is 1. The Morgan fingerprint density at radius 3 is 2.47 bits per heavy atom. The zero-order valence-electron chi connectivity index (χ0n) is 15.4. The van der Waals surface area contributed by atoms with E-state index in [-0.39, 0.29) is 23.6 Å². The van der Waals surface area contributed by atoms with E-state index in [1.165, 1.54) is 16.7 Å². The highest BCUT2D eigenvalue weighted by Crippen LogP contribution is 2.12. The Kier molecular flexibility index (Phi) is 4.95. The van der Waals surface area contributed by atoms with Gasteiger partial charge in [-0.25, -0.2) is 5.10 Å². The molecule has 0 saturated carbocycles. The number of furan rings is 1. The first kappa shape index (κ1) is 18.9. The van der Waals surface area contributed by atoms with E-state index >= 15 is 0 Å². The van der Waals surface area contributed by atoms with Gasteiger partial charge in [-0.3, -0.25) is 30.0 Å². The summed E-state index contributed by atoms with van der Waals surface area (Å²) < 4.78 is 6.87. The van der Waals surface area contributed by atoms with Crippen LogP contribution < -0.4 is 22.0 Å². The Morgan fingerprint density at radius 1 is 0.933 bits per heavy atom. The number of fused-ring (bicyclic) bond motifs is 1. The lowest BCUT2D eigenvalue weighted by molar-refractivity contribution is 0.0827. The summed E-state index contributed by atoms with van der Waals surface area (Å²) in [6.07, 6.45) is 1.60. The molecule has 150 valence electrons. The number of nitrogens with one attached hydrogen (secondary N) is 3. The maximum Gasteiger partial charge on any atom is 0.305 e. The zero-order valence-corrected chi connectivity index (χ0v) is 15.4. The molecule has 10 nitrogen and oxygen atoms in total. The summed E-state index contributed by atoms with van der Waals surface area (Å²) in [5, 5.41) is 6.66. The number of carbonyl (C=O) groups excluding carboxylic acids is 2. The molecule has 3 N–H and O–H groups in total. The lowest BCUT2D eigenvalue weighted by Crippen LogP contribution is -2.42. The molecule has 2 amide bonds. The van der Waals surface area contributed by atoms with Crippen molar-refractivity contribution in [3.8, 4) is 0 Å². The molecule has 0 atom stereocenters. The van der Waals surface area contributed by atoms with Crippen molar-refractivity contribution < 1.29 is 14.0 Å². The smallest absolute Gasteiger partial charge is 0.305 e. The van der Waals surface area contributed by atoms with E-state index in [1.54, 1.807) is 48.7 Å². The number of carbonyl (C=O) groups is 2. The number of amides is 2. The average molecular weight is 405 g/mol. The summed E-state index contributed by atoms with van der Waals surface area (Å²) >= 11 is 0. The fourth-order valence-electron chi connectivity index (χ4n) is 2.87. The molecule has 3 heterocycles. The van der Waals surface area contributed by atoms with Crippen LogP contribution >= 0.6 is 0 Å². The molecule has 0 radical (unpaired) electrons. The van der Waals surface area contributed by atoms with E-state index in [0.29, 0.717) is 16.5 Å². The molecule has 3 aromatic heterocycles. The molecule has 30 heavy (non-hydrogen) atoms. The van der Waals surface area contributed by atoms with Gasteiger partial charge in [-0.05, 0) is 24.3 Å². The summed E-state index contributed by atoms with van der Waals surface area (Å²) in [5.74, 6) is -1.05. The maximum atomic E-state index is 12.4. The van der Waals surface area contributed by atoms with Gasteiger partial charge in [0.25, 0.3) is 17.0 Å². The largest absolute Gasteiger partial charge is 0.454 e. The second-order valence-corrected chi connectivity index (χ2v) is 6.29. The topological polar surface area (TPSA) is 139 Å². The van der Waals surface area contributed by atoms with Crippen LogP contribution in [0.3, 0.4) is 0 Å². The molecule has 0 unspecified atom stereocenters. The van der Waals surface area contributed by atoms with Crippen LogP contribution in [0.5, 0.6) is 0 Å². The van der Waals surface area contributed by atoms with E-state index in [4.69, 9.17) is 4.42 Å². The monoisotopic (exact) mass is 405 g/mol. The van der Waals surface area contributed by atoms with Gasteiger partial charge >= 0.3 is 5.91 Å². The normalized spacial score (nSPS) is 10.7. The molecule has 0 aliphatic rings. The lowest BCUT2D eigenvalue weighted by atomic mass is 10.1. The molecule has 0 aliphatic carbocycles. The second kappa shape index (κ2) is 7.87. The fraction of sp³-hybridized carbons (Fsp3) is 0.0500. The number of pyridine rings is 1.